The van der Waals surface area contributed by atoms with Crippen LogP contribution in [-0.2, 0) is 16.6 Å². The highest BCUT2D eigenvalue weighted by Gasteiger charge is 2.29. The van der Waals surface area contributed by atoms with Gasteiger partial charge < -0.3 is 10.2 Å². The van der Waals surface area contributed by atoms with E-state index in [4.69, 9.17) is 23.2 Å². The first kappa shape index (κ1) is 21.2. The third-order valence-corrected chi connectivity index (χ3v) is 7.58. The van der Waals surface area contributed by atoms with Gasteiger partial charge in [-0.3, -0.25) is 4.90 Å². The first-order valence-electron chi connectivity index (χ1n) is 8.80. The van der Waals surface area contributed by atoms with Crippen molar-refractivity contribution in [2.24, 2.45) is 0 Å². The number of sulfonamides is 1. The molecular weight excluding hydrogens is 423 g/mol. The van der Waals surface area contributed by atoms with Crippen LogP contribution in [0.1, 0.15) is 16.7 Å². The van der Waals surface area contributed by atoms with E-state index in [0.29, 0.717) is 31.1 Å². The quantitative estimate of drug-likeness (QED) is 0.753. The minimum absolute atomic E-state index is 0.0637. The molecule has 9 heteroatoms. The topological polar surface area (TPSA) is 81.1 Å². The molecule has 2 aromatic carbocycles. The predicted molar refractivity (Wildman–Crippen MR) is 110 cm³/mol. The lowest BCUT2D eigenvalue weighted by Gasteiger charge is -2.34. The Morgan fingerprint density at radius 1 is 0.929 bits per heavy atom. The van der Waals surface area contributed by atoms with Crippen molar-refractivity contribution < 1.29 is 18.6 Å². The molecule has 2 aromatic rings. The number of halogens is 2. The minimum Gasteiger partial charge on any atom is -0.506 e. The summed E-state index contributed by atoms with van der Waals surface area (Å²) in [6, 6.07) is 6.42. The lowest BCUT2D eigenvalue weighted by Crippen LogP contribution is -2.48. The number of hydrogen-bond acceptors (Lipinski definition) is 5. The van der Waals surface area contributed by atoms with Crippen LogP contribution in [0.15, 0.2) is 29.2 Å². The van der Waals surface area contributed by atoms with Gasteiger partial charge in [-0.05, 0) is 43.2 Å². The summed E-state index contributed by atoms with van der Waals surface area (Å²) >= 11 is 11.9. The Hall–Kier alpha value is -1.51. The van der Waals surface area contributed by atoms with Crippen LogP contribution in [0.2, 0.25) is 10.0 Å². The van der Waals surface area contributed by atoms with Crippen molar-refractivity contribution in [1.82, 2.24) is 9.21 Å². The van der Waals surface area contributed by atoms with Gasteiger partial charge in [0.05, 0.1) is 20.5 Å². The summed E-state index contributed by atoms with van der Waals surface area (Å²) in [6.07, 6.45) is 0. The molecule has 0 bridgehead atoms. The monoisotopic (exact) mass is 444 g/mol. The van der Waals surface area contributed by atoms with Crippen LogP contribution in [0.4, 0.5) is 0 Å². The first-order chi connectivity index (χ1) is 13.1. The van der Waals surface area contributed by atoms with Gasteiger partial charge >= 0.3 is 0 Å². The highest BCUT2D eigenvalue weighted by atomic mass is 35.5. The van der Waals surface area contributed by atoms with E-state index in [1.165, 1.54) is 10.4 Å². The molecule has 1 aliphatic rings. The van der Waals surface area contributed by atoms with E-state index in [1.807, 2.05) is 24.8 Å². The van der Waals surface area contributed by atoms with Crippen molar-refractivity contribution in [1.29, 1.82) is 0 Å². The van der Waals surface area contributed by atoms with Crippen LogP contribution in [-0.4, -0.2) is 54.0 Å². The average molecular weight is 445 g/mol. The number of rotatable bonds is 4. The summed E-state index contributed by atoms with van der Waals surface area (Å²) in [5, 5.41) is 20.4. The van der Waals surface area contributed by atoms with Gasteiger partial charge in [-0.25, -0.2) is 8.42 Å². The van der Waals surface area contributed by atoms with E-state index in [-0.39, 0.29) is 33.7 Å². The molecule has 0 unspecified atom stereocenters. The highest BCUT2D eigenvalue weighted by Crippen LogP contribution is 2.40. The van der Waals surface area contributed by atoms with Crippen LogP contribution in [0.3, 0.4) is 0 Å². The molecule has 152 valence electrons. The molecule has 28 heavy (non-hydrogen) atoms. The maximum Gasteiger partial charge on any atom is 0.243 e. The largest absolute Gasteiger partial charge is 0.506 e. The molecule has 1 saturated heterocycles. The van der Waals surface area contributed by atoms with Crippen LogP contribution >= 0.6 is 23.2 Å². The van der Waals surface area contributed by atoms with Gasteiger partial charge in [0.25, 0.3) is 0 Å². The van der Waals surface area contributed by atoms with E-state index in [9.17, 15) is 18.6 Å². The number of hydrogen-bond donors (Lipinski definition) is 2. The number of benzene rings is 2. The van der Waals surface area contributed by atoms with Gasteiger partial charge in [0, 0.05) is 32.7 Å². The molecule has 3 rings (SSSR count). The van der Waals surface area contributed by atoms with Gasteiger partial charge in [0.1, 0.15) is 11.5 Å². The summed E-state index contributed by atoms with van der Waals surface area (Å²) in [7, 11) is -3.56. The molecular formula is C19H22Cl2N2O4S. The summed E-state index contributed by atoms with van der Waals surface area (Å²) < 4.78 is 27.3. The lowest BCUT2D eigenvalue weighted by atomic mass is 10.1. The SMILES string of the molecule is Cc1ccc(S(=O)(=O)N2CCN(Cc3c(O)c(Cl)cc(Cl)c3O)CC2)cc1C. The number of aryl methyl sites for hydroxylation is 2. The fourth-order valence-electron chi connectivity index (χ4n) is 3.17. The predicted octanol–water partition coefficient (Wildman–Crippen LogP) is 3.53. The highest BCUT2D eigenvalue weighted by molar-refractivity contribution is 7.89. The third-order valence-electron chi connectivity index (χ3n) is 5.11. The number of aromatic hydroxyl groups is 2. The van der Waals surface area contributed by atoms with E-state index in [2.05, 4.69) is 0 Å². The molecule has 0 aliphatic carbocycles. The second-order valence-electron chi connectivity index (χ2n) is 6.94. The number of piperazine rings is 1. The summed E-state index contributed by atoms with van der Waals surface area (Å²) in [4.78, 5) is 2.23. The van der Waals surface area contributed by atoms with Crippen molar-refractivity contribution in [3.63, 3.8) is 0 Å². The van der Waals surface area contributed by atoms with Crippen LogP contribution in [0, 0.1) is 13.8 Å². The molecule has 6 nitrogen and oxygen atoms in total. The Balaban J connectivity index is 1.72. The van der Waals surface area contributed by atoms with Crippen molar-refractivity contribution in [2.45, 2.75) is 25.3 Å². The first-order valence-corrected chi connectivity index (χ1v) is 11.0. The normalized spacial score (nSPS) is 16.4. The molecule has 0 radical (unpaired) electrons. The van der Waals surface area contributed by atoms with Crippen molar-refractivity contribution in [2.75, 3.05) is 26.2 Å². The van der Waals surface area contributed by atoms with Gasteiger partial charge in [-0.1, -0.05) is 29.3 Å². The molecule has 1 aliphatic heterocycles. The molecule has 0 saturated carbocycles. The lowest BCUT2D eigenvalue weighted by molar-refractivity contribution is 0.178. The molecule has 0 aromatic heterocycles. The standard InChI is InChI=1S/C19H22Cl2N2O4S/c1-12-3-4-14(9-13(12)2)28(26,27)23-7-5-22(6-8-23)11-15-18(24)16(20)10-17(21)19(15)25/h3-4,9-10,24-25H,5-8,11H2,1-2H3. The summed E-state index contributed by atoms with van der Waals surface area (Å²) in [5.41, 5.74) is 2.22. The van der Waals surface area contributed by atoms with E-state index < -0.39 is 10.0 Å². The molecule has 0 amide bonds. The fourth-order valence-corrected chi connectivity index (χ4v) is 5.18. The third kappa shape index (κ3) is 4.09. The summed E-state index contributed by atoms with van der Waals surface area (Å²) in [6.45, 7) is 5.57. The fraction of sp³-hybridized carbons (Fsp3) is 0.368. The van der Waals surface area contributed by atoms with E-state index >= 15 is 0 Å². The smallest absolute Gasteiger partial charge is 0.243 e. The van der Waals surface area contributed by atoms with E-state index in [1.54, 1.807) is 12.1 Å². The Morgan fingerprint density at radius 2 is 1.50 bits per heavy atom. The van der Waals surface area contributed by atoms with Gasteiger partial charge in [-0.15, -0.1) is 0 Å². The van der Waals surface area contributed by atoms with Crippen molar-refractivity contribution in [3.8, 4) is 11.5 Å². The maximum atomic E-state index is 12.9. The molecule has 1 fully saturated rings. The zero-order chi connectivity index (χ0) is 20.6. The number of phenols is 2. The summed E-state index contributed by atoms with van der Waals surface area (Å²) in [5.74, 6) is -0.428. The molecule has 0 atom stereocenters. The van der Waals surface area contributed by atoms with Crippen molar-refractivity contribution in [3.05, 3.63) is 51.0 Å². The Bertz CT molecular complexity index is 977. The van der Waals surface area contributed by atoms with Crippen LogP contribution < -0.4 is 0 Å². The Morgan fingerprint density at radius 3 is 2.04 bits per heavy atom. The van der Waals surface area contributed by atoms with Gasteiger partial charge in [0.2, 0.25) is 10.0 Å². The molecule has 2 N–H and O–H groups in total. The van der Waals surface area contributed by atoms with Crippen LogP contribution in [0.5, 0.6) is 11.5 Å². The average Bonchev–Trinajstić information content (AvgIpc) is 2.66. The Labute approximate surface area is 175 Å². The van der Waals surface area contributed by atoms with E-state index in [0.717, 1.165) is 11.1 Å². The second kappa shape index (κ2) is 8.08. The number of nitrogens with zero attached hydrogens (tertiary/aromatic N) is 2. The van der Waals surface area contributed by atoms with Crippen LogP contribution in [0.25, 0.3) is 0 Å². The Kier molecular flexibility index (Phi) is 6.12. The maximum absolute atomic E-state index is 12.9. The zero-order valence-electron chi connectivity index (χ0n) is 15.6. The second-order valence-corrected chi connectivity index (χ2v) is 9.69. The van der Waals surface area contributed by atoms with Gasteiger partial charge in [-0.2, -0.15) is 4.31 Å². The zero-order valence-corrected chi connectivity index (χ0v) is 17.9. The molecule has 1 heterocycles. The van der Waals surface area contributed by atoms with Gasteiger partial charge in [0.15, 0.2) is 0 Å². The number of phenolic OH excluding ortho intramolecular Hbond substituents is 2. The van der Waals surface area contributed by atoms with Crippen molar-refractivity contribution >= 4 is 33.2 Å². The minimum atomic E-state index is -3.56. The molecule has 0 spiro atoms.